The lowest BCUT2D eigenvalue weighted by molar-refractivity contribution is 0.0739. The van der Waals surface area contributed by atoms with Gasteiger partial charge in [-0.15, -0.1) is 12.4 Å². The molecule has 0 spiro atoms. The van der Waals surface area contributed by atoms with Crippen molar-refractivity contribution in [2.75, 3.05) is 21.2 Å². The summed E-state index contributed by atoms with van der Waals surface area (Å²) in [5, 5.41) is 0. The van der Waals surface area contributed by atoms with Crippen molar-refractivity contribution in [3.63, 3.8) is 0 Å². The summed E-state index contributed by atoms with van der Waals surface area (Å²) in [6.07, 6.45) is 0. The van der Waals surface area contributed by atoms with E-state index in [0.717, 1.165) is 11.1 Å². The van der Waals surface area contributed by atoms with Crippen molar-refractivity contribution in [3.05, 3.63) is 71.8 Å². The average molecular weight is 358 g/mol. The first-order valence-corrected chi connectivity index (χ1v) is 8.36. The third-order valence-corrected chi connectivity index (χ3v) is 4.25. The van der Waals surface area contributed by atoms with Crippen LogP contribution in [0, 0.1) is 17.8 Å². The van der Waals surface area contributed by atoms with E-state index in [9.17, 15) is 0 Å². The zero-order valence-electron chi connectivity index (χ0n) is 15.7. The number of methoxy groups -OCH3 is 1. The van der Waals surface area contributed by atoms with Crippen LogP contribution in [0.15, 0.2) is 60.7 Å². The molecule has 0 aromatic heterocycles. The Bertz CT molecular complexity index is 639. The zero-order valence-corrected chi connectivity index (χ0v) is 16.5. The normalized spacial score (nSPS) is 12.3. The van der Waals surface area contributed by atoms with Crippen LogP contribution in [-0.4, -0.2) is 32.1 Å². The first kappa shape index (κ1) is 21.3. The van der Waals surface area contributed by atoms with Gasteiger partial charge >= 0.3 is 0 Å². The Morgan fingerprint density at radius 2 is 1.32 bits per heavy atom. The van der Waals surface area contributed by atoms with E-state index in [4.69, 9.17) is 4.74 Å². The molecule has 0 bridgehead atoms. The number of hydrogen-bond acceptors (Lipinski definition) is 2. The molecule has 0 fully saturated rings. The van der Waals surface area contributed by atoms with Crippen LogP contribution in [0.3, 0.4) is 0 Å². The van der Waals surface area contributed by atoms with Crippen molar-refractivity contribution in [3.8, 4) is 11.8 Å². The fourth-order valence-electron chi connectivity index (χ4n) is 3.01. The molecule has 0 aliphatic heterocycles. The van der Waals surface area contributed by atoms with Crippen LogP contribution < -0.4 is 0 Å². The van der Waals surface area contributed by atoms with Gasteiger partial charge in [-0.25, -0.2) is 0 Å². The van der Waals surface area contributed by atoms with Crippen molar-refractivity contribution in [1.82, 2.24) is 4.90 Å². The fraction of sp³-hybridized carbons (Fsp3) is 0.364. The number of halogens is 1. The molecule has 0 saturated carbocycles. The molecular weight excluding hydrogens is 330 g/mol. The highest BCUT2D eigenvalue weighted by Gasteiger charge is 2.32. The van der Waals surface area contributed by atoms with Crippen LogP contribution in [0.2, 0.25) is 0 Å². The highest BCUT2D eigenvalue weighted by molar-refractivity contribution is 5.85. The number of hydrogen-bond donors (Lipinski definition) is 0. The van der Waals surface area contributed by atoms with Crippen LogP contribution in [0.25, 0.3) is 0 Å². The Morgan fingerprint density at radius 1 is 0.880 bits per heavy atom. The zero-order chi connectivity index (χ0) is 17.6. The quantitative estimate of drug-likeness (QED) is 0.726. The van der Waals surface area contributed by atoms with E-state index in [1.54, 1.807) is 7.11 Å². The van der Waals surface area contributed by atoms with E-state index < -0.39 is 5.60 Å². The molecule has 2 rings (SSSR count). The second-order valence-electron chi connectivity index (χ2n) is 6.54. The third kappa shape index (κ3) is 4.86. The Balaban J connectivity index is 0.00000312. The Hall–Kier alpha value is -1.79. The molecule has 0 heterocycles. The maximum Gasteiger partial charge on any atom is 0.179 e. The van der Waals surface area contributed by atoms with Crippen molar-refractivity contribution in [2.45, 2.75) is 25.5 Å². The van der Waals surface area contributed by atoms with Crippen LogP contribution >= 0.6 is 12.4 Å². The summed E-state index contributed by atoms with van der Waals surface area (Å²) in [6, 6.07) is 20.6. The molecule has 0 N–H and O–H groups in total. The smallest absolute Gasteiger partial charge is 0.179 e. The minimum absolute atomic E-state index is 0. The predicted octanol–water partition coefficient (Wildman–Crippen LogP) is 4.59. The Kier molecular flexibility index (Phi) is 8.19. The summed E-state index contributed by atoms with van der Waals surface area (Å²) in [5.74, 6) is 7.36. The van der Waals surface area contributed by atoms with E-state index >= 15 is 0 Å². The Labute approximate surface area is 158 Å². The second-order valence-corrected chi connectivity index (χ2v) is 6.54. The summed E-state index contributed by atoms with van der Waals surface area (Å²) < 4.78 is 6.03. The molecular formula is C22H28ClNO. The summed E-state index contributed by atoms with van der Waals surface area (Å²) >= 11 is 0. The maximum atomic E-state index is 6.03. The van der Waals surface area contributed by atoms with E-state index in [2.05, 4.69) is 68.9 Å². The van der Waals surface area contributed by atoms with Crippen molar-refractivity contribution in [1.29, 1.82) is 0 Å². The third-order valence-electron chi connectivity index (χ3n) is 4.25. The standard InChI is InChI=1S/C22H27NO.ClH/c1-18(2)21(23(3)4)16-17-22(24-5,19-12-8-6-9-13-19)20-14-10-7-11-15-20;/h6-15,18,21H,1-5H3;1H. The average Bonchev–Trinajstić information content (AvgIpc) is 2.60. The summed E-state index contributed by atoms with van der Waals surface area (Å²) in [6.45, 7) is 4.39. The predicted molar refractivity (Wildman–Crippen MR) is 108 cm³/mol. The van der Waals surface area contributed by atoms with Crippen molar-refractivity contribution >= 4 is 12.4 Å². The van der Waals surface area contributed by atoms with Gasteiger partial charge in [-0.1, -0.05) is 86.4 Å². The number of nitrogens with zero attached hydrogens (tertiary/aromatic N) is 1. The lowest BCUT2D eigenvalue weighted by Gasteiger charge is -2.29. The van der Waals surface area contributed by atoms with E-state index in [0.29, 0.717) is 5.92 Å². The number of rotatable bonds is 5. The molecule has 134 valence electrons. The highest BCUT2D eigenvalue weighted by Crippen LogP contribution is 2.32. The largest absolute Gasteiger partial charge is 0.357 e. The number of benzene rings is 2. The molecule has 2 aromatic rings. The summed E-state index contributed by atoms with van der Waals surface area (Å²) in [7, 11) is 5.87. The van der Waals surface area contributed by atoms with Gasteiger partial charge in [0.2, 0.25) is 0 Å². The second kappa shape index (κ2) is 9.63. The van der Waals surface area contributed by atoms with E-state index in [-0.39, 0.29) is 18.4 Å². The SMILES string of the molecule is COC(C#CC(C(C)C)N(C)C)(c1ccccc1)c1ccccc1.Cl. The van der Waals surface area contributed by atoms with Crippen LogP contribution in [-0.2, 0) is 10.3 Å². The maximum absolute atomic E-state index is 6.03. The van der Waals surface area contributed by atoms with Crippen LogP contribution in [0.1, 0.15) is 25.0 Å². The van der Waals surface area contributed by atoms with Gasteiger partial charge in [0.25, 0.3) is 0 Å². The van der Waals surface area contributed by atoms with Gasteiger partial charge in [0.15, 0.2) is 5.60 Å². The molecule has 3 heteroatoms. The van der Waals surface area contributed by atoms with E-state index in [1.165, 1.54) is 0 Å². The number of ether oxygens (including phenoxy) is 1. The van der Waals surface area contributed by atoms with Crippen LogP contribution in [0.5, 0.6) is 0 Å². The van der Waals surface area contributed by atoms with Crippen molar-refractivity contribution in [2.24, 2.45) is 5.92 Å². The molecule has 0 aliphatic carbocycles. The molecule has 0 radical (unpaired) electrons. The fourth-order valence-corrected chi connectivity index (χ4v) is 3.01. The van der Waals surface area contributed by atoms with Gasteiger partial charge in [0, 0.05) is 18.2 Å². The van der Waals surface area contributed by atoms with E-state index in [1.807, 2.05) is 36.4 Å². The molecule has 0 amide bonds. The van der Waals surface area contributed by atoms with Gasteiger partial charge in [0.05, 0.1) is 6.04 Å². The lowest BCUT2D eigenvalue weighted by atomic mass is 9.86. The van der Waals surface area contributed by atoms with Gasteiger partial charge in [-0.05, 0) is 20.0 Å². The highest BCUT2D eigenvalue weighted by atomic mass is 35.5. The Morgan fingerprint density at radius 3 is 1.64 bits per heavy atom. The van der Waals surface area contributed by atoms with Gasteiger partial charge in [-0.3, -0.25) is 4.90 Å². The molecule has 1 unspecified atom stereocenters. The van der Waals surface area contributed by atoms with Gasteiger partial charge in [-0.2, -0.15) is 0 Å². The lowest BCUT2D eigenvalue weighted by Crippen LogP contribution is -2.33. The molecule has 25 heavy (non-hydrogen) atoms. The van der Waals surface area contributed by atoms with Gasteiger partial charge in [0.1, 0.15) is 0 Å². The monoisotopic (exact) mass is 357 g/mol. The molecule has 1 atom stereocenters. The molecule has 0 saturated heterocycles. The topological polar surface area (TPSA) is 12.5 Å². The first-order valence-electron chi connectivity index (χ1n) is 8.36. The molecule has 2 aromatic carbocycles. The minimum atomic E-state index is -0.758. The molecule has 0 aliphatic rings. The molecule has 2 nitrogen and oxygen atoms in total. The van der Waals surface area contributed by atoms with Gasteiger partial charge < -0.3 is 4.74 Å². The summed E-state index contributed by atoms with van der Waals surface area (Å²) in [4.78, 5) is 2.16. The van der Waals surface area contributed by atoms with Crippen LogP contribution in [0.4, 0.5) is 0 Å². The van der Waals surface area contributed by atoms with Crippen molar-refractivity contribution < 1.29 is 4.74 Å². The first-order chi connectivity index (χ1) is 11.5. The summed E-state index contributed by atoms with van der Waals surface area (Å²) in [5.41, 5.74) is 1.34. The minimum Gasteiger partial charge on any atom is -0.357 e.